The van der Waals surface area contributed by atoms with Gasteiger partial charge in [0, 0.05) is 14.2 Å². The van der Waals surface area contributed by atoms with Gasteiger partial charge in [-0.1, -0.05) is 30.3 Å². The third-order valence-electron chi connectivity index (χ3n) is 3.58. The molecule has 0 N–H and O–H groups in total. The Morgan fingerprint density at radius 1 is 0.690 bits per heavy atom. The second-order valence-corrected chi connectivity index (χ2v) is 26.3. The molecule has 1 aromatic carbocycles. The van der Waals surface area contributed by atoms with E-state index in [-0.39, 0.29) is 0 Å². The molecule has 7 nitrogen and oxygen atoms in total. The van der Waals surface area contributed by atoms with Crippen molar-refractivity contribution in [2.75, 3.05) is 14.2 Å². The molecule has 0 aliphatic carbocycles. The van der Waals surface area contributed by atoms with Gasteiger partial charge < -0.3 is 29.4 Å². The Labute approximate surface area is 184 Å². The molecule has 168 valence electrons. The van der Waals surface area contributed by atoms with Gasteiger partial charge in [0.15, 0.2) is 9.04 Å². The van der Waals surface area contributed by atoms with E-state index in [2.05, 4.69) is 39.3 Å². The maximum atomic E-state index is 6.54. The van der Waals surface area contributed by atoms with Crippen molar-refractivity contribution in [2.24, 2.45) is 0 Å². The highest BCUT2D eigenvalue weighted by Crippen LogP contribution is 2.23. The van der Waals surface area contributed by atoms with Crippen molar-refractivity contribution in [3.8, 4) is 0 Å². The number of rotatable bonds is 13. The van der Waals surface area contributed by atoms with Crippen molar-refractivity contribution in [1.82, 2.24) is 0 Å². The van der Waals surface area contributed by atoms with Crippen molar-refractivity contribution >= 4 is 58.7 Å². The van der Waals surface area contributed by atoms with E-state index in [1.54, 1.807) is 14.2 Å². The summed E-state index contributed by atoms with van der Waals surface area (Å²) in [5.74, 6) is 0. The summed E-state index contributed by atoms with van der Waals surface area (Å²) in [6, 6.07) is 9.99. The minimum atomic E-state index is -2.55. The van der Waals surface area contributed by atoms with Crippen molar-refractivity contribution in [3.05, 3.63) is 30.3 Å². The molecule has 0 spiro atoms. The van der Waals surface area contributed by atoms with Crippen LogP contribution in [0.1, 0.15) is 0 Å². The van der Waals surface area contributed by atoms with Crippen LogP contribution < -0.4 is 5.19 Å². The average Bonchev–Trinajstić information content (AvgIpc) is 2.55. The number of benzene rings is 1. The molecule has 1 unspecified atom stereocenters. The van der Waals surface area contributed by atoms with E-state index in [1.807, 2.05) is 43.4 Å². The zero-order valence-electron chi connectivity index (χ0n) is 19.5. The van der Waals surface area contributed by atoms with E-state index >= 15 is 0 Å². The molecular formula is C16H38O7Si6. The van der Waals surface area contributed by atoms with E-state index in [9.17, 15) is 0 Å². The van der Waals surface area contributed by atoms with Gasteiger partial charge in [0.2, 0.25) is 0 Å². The van der Waals surface area contributed by atoms with E-state index in [0.29, 0.717) is 0 Å². The van der Waals surface area contributed by atoms with Gasteiger partial charge in [0.05, 0.1) is 0 Å². The monoisotopic (exact) mass is 510 g/mol. The third kappa shape index (κ3) is 10.9. The molecule has 0 bridgehead atoms. The second kappa shape index (κ2) is 11.7. The third-order valence-corrected chi connectivity index (χ3v) is 22.3. The maximum Gasteiger partial charge on any atom is 0.474 e. The summed E-state index contributed by atoms with van der Waals surface area (Å²) >= 11 is 0. The summed E-state index contributed by atoms with van der Waals surface area (Å²) in [7, 11) is -9.73. The van der Waals surface area contributed by atoms with Crippen LogP contribution in [0, 0.1) is 0 Å². The van der Waals surface area contributed by atoms with Crippen LogP contribution in [-0.4, -0.2) is 67.8 Å². The van der Waals surface area contributed by atoms with E-state index < -0.39 is 53.5 Å². The van der Waals surface area contributed by atoms with Crippen LogP contribution in [0.15, 0.2) is 30.3 Å². The van der Waals surface area contributed by atoms with Crippen LogP contribution in [0.25, 0.3) is 0 Å². The standard InChI is InChI=1S/C16H38O7Si6/c1-17-26(18-2)19-25(16-14-12-11-13-15-16)21-28(7,8)23-29(9,10)22-27(5,6)20-24(3)4/h11-15,24-26H,1-10H3. The van der Waals surface area contributed by atoms with Gasteiger partial charge in [0.25, 0.3) is 0 Å². The average molecular weight is 511 g/mol. The van der Waals surface area contributed by atoms with Gasteiger partial charge in [-0.15, -0.1) is 0 Å². The predicted molar refractivity (Wildman–Crippen MR) is 131 cm³/mol. The van der Waals surface area contributed by atoms with Crippen LogP contribution in [0.4, 0.5) is 0 Å². The van der Waals surface area contributed by atoms with Gasteiger partial charge in [-0.2, -0.15) is 0 Å². The molecule has 0 aliphatic heterocycles. The molecule has 0 heterocycles. The molecular weight excluding hydrogens is 473 g/mol. The van der Waals surface area contributed by atoms with Gasteiger partial charge in [-0.25, -0.2) is 0 Å². The van der Waals surface area contributed by atoms with E-state index in [4.69, 9.17) is 29.4 Å². The Kier molecular flexibility index (Phi) is 11.0. The number of hydrogen-bond acceptors (Lipinski definition) is 7. The topological polar surface area (TPSA) is 64.6 Å². The van der Waals surface area contributed by atoms with Crippen molar-refractivity contribution < 1.29 is 29.4 Å². The summed E-state index contributed by atoms with van der Waals surface area (Å²) in [5, 5.41) is 1.03. The van der Waals surface area contributed by atoms with Crippen molar-refractivity contribution in [1.29, 1.82) is 0 Å². The fourth-order valence-electron chi connectivity index (χ4n) is 3.17. The van der Waals surface area contributed by atoms with Gasteiger partial charge in [-0.05, 0) is 57.6 Å². The molecule has 0 aromatic heterocycles. The summed E-state index contributed by atoms with van der Waals surface area (Å²) in [6.45, 7) is 16.7. The molecule has 0 saturated heterocycles. The van der Waals surface area contributed by atoms with Crippen LogP contribution in [0.3, 0.4) is 0 Å². The van der Waals surface area contributed by atoms with E-state index in [1.165, 1.54) is 0 Å². The normalized spacial score (nSPS) is 14.6. The van der Waals surface area contributed by atoms with Crippen LogP contribution in [0.2, 0.25) is 52.4 Å². The maximum absolute atomic E-state index is 6.54. The molecule has 0 radical (unpaired) electrons. The van der Waals surface area contributed by atoms with Crippen LogP contribution in [0.5, 0.6) is 0 Å². The summed E-state index contributed by atoms with van der Waals surface area (Å²) < 4.78 is 42.6. The van der Waals surface area contributed by atoms with E-state index in [0.717, 1.165) is 5.19 Å². The fraction of sp³-hybridized carbons (Fsp3) is 0.625. The SMILES string of the molecule is CO[SiH](OC)O[SiH](O[Si](C)(C)O[Si](C)(C)O[Si](C)(C)O[SiH](C)C)c1ccccc1. The first kappa shape index (κ1) is 27.3. The van der Waals surface area contributed by atoms with Gasteiger partial charge in [-0.3, -0.25) is 0 Å². The second-order valence-electron chi connectivity index (χ2n) is 8.33. The highest BCUT2D eigenvalue weighted by molar-refractivity contribution is 6.88. The lowest BCUT2D eigenvalue weighted by atomic mass is 10.4. The lowest BCUT2D eigenvalue weighted by Crippen LogP contribution is -2.58. The largest absolute Gasteiger partial charge is 0.474 e. The minimum absolute atomic E-state index is 1.03. The first-order chi connectivity index (χ1) is 13.3. The molecule has 0 aliphatic rings. The molecule has 13 heteroatoms. The molecule has 1 rings (SSSR count). The predicted octanol–water partition coefficient (Wildman–Crippen LogP) is 2.30. The Morgan fingerprint density at radius 2 is 1.17 bits per heavy atom. The van der Waals surface area contributed by atoms with Crippen molar-refractivity contribution in [3.63, 3.8) is 0 Å². The Hall–Kier alpha value is 0.241. The quantitative estimate of drug-likeness (QED) is 0.377. The Morgan fingerprint density at radius 3 is 1.62 bits per heavy atom. The highest BCUT2D eigenvalue weighted by atomic mass is 28.5. The molecule has 0 saturated carbocycles. The van der Waals surface area contributed by atoms with Crippen molar-refractivity contribution in [2.45, 2.75) is 52.4 Å². The fourth-order valence-corrected chi connectivity index (χ4v) is 25.4. The van der Waals surface area contributed by atoms with Crippen LogP contribution in [-0.2, 0) is 29.4 Å². The zero-order valence-corrected chi connectivity index (χ0v) is 25.9. The molecule has 1 atom stereocenters. The highest BCUT2D eigenvalue weighted by Gasteiger charge is 2.43. The first-order valence-electron chi connectivity index (χ1n) is 9.81. The van der Waals surface area contributed by atoms with Gasteiger partial charge in [0.1, 0.15) is 0 Å². The summed E-state index contributed by atoms with van der Waals surface area (Å²) in [5.41, 5.74) is 0. The molecule has 1 aromatic rings. The molecule has 0 fully saturated rings. The smallest absolute Gasteiger partial charge is 0.440 e. The zero-order chi connectivity index (χ0) is 22.3. The Bertz CT molecular complexity index is 599. The lowest BCUT2D eigenvalue weighted by Gasteiger charge is -2.39. The number of hydrogen-bond donors (Lipinski definition) is 0. The molecule has 0 amide bonds. The Balaban J connectivity index is 2.93. The lowest BCUT2D eigenvalue weighted by molar-refractivity contribution is 0.189. The molecule has 29 heavy (non-hydrogen) atoms. The van der Waals surface area contributed by atoms with Crippen LogP contribution >= 0.6 is 0 Å². The summed E-state index contributed by atoms with van der Waals surface area (Å²) in [4.78, 5) is 0. The summed E-state index contributed by atoms with van der Waals surface area (Å²) in [6.07, 6.45) is 0. The first-order valence-corrected chi connectivity index (χ1v) is 24.0. The van der Waals surface area contributed by atoms with Gasteiger partial charge >= 0.3 is 44.5 Å². The minimum Gasteiger partial charge on any atom is -0.440 e.